The molecule has 0 radical (unpaired) electrons. The fourth-order valence-corrected chi connectivity index (χ4v) is 6.86. The molecule has 0 saturated heterocycles. The number of carbonyl (C=O) groups excluding carboxylic acids is 2. The molecule has 1 aliphatic carbocycles. The molecule has 0 spiro atoms. The fraction of sp³-hybridized carbons (Fsp3) is 0.250. The van der Waals surface area contributed by atoms with E-state index < -0.39 is 5.92 Å². The van der Waals surface area contributed by atoms with E-state index in [0.717, 1.165) is 5.56 Å². The number of nitriles is 1. The number of nitrogens with zero attached hydrogens (tertiary/aromatic N) is 4. The highest BCUT2D eigenvalue weighted by molar-refractivity contribution is 8.01. The number of benzene rings is 2. The van der Waals surface area contributed by atoms with Crippen molar-refractivity contribution in [3.63, 3.8) is 0 Å². The minimum Gasteiger partial charge on any atom is -0.384 e. The van der Waals surface area contributed by atoms with Gasteiger partial charge in [0.1, 0.15) is 5.82 Å². The third kappa shape index (κ3) is 5.74. The van der Waals surface area contributed by atoms with Gasteiger partial charge in [0.2, 0.25) is 11.0 Å². The molecule has 5 rings (SSSR count). The highest BCUT2D eigenvalue weighted by atomic mass is 35.5. The number of nitrogens with one attached hydrogen (secondary N) is 1. The summed E-state index contributed by atoms with van der Waals surface area (Å²) in [6.07, 6.45) is 0.908. The van der Waals surface area contributed by atoms with E-state index in [-0.39, 0.29) is 34.3 Å². The lowest BCUT2D eigenvalue weighted by molar-refractivity contribution is -0.118. The van der Waals surface area contributed by atoms with Gasteiger partial charge in [-0.15, -0.1) is 10.2 Å². The molecular formula is C28H24Cl2N6O2S2. The molecule has 0 bridgehead atoms. The number of thioether (sulfide) groups is 1. The largest absolute Gasteiger partial charge is 0.384 e. The molecule has 2 aromatic carbocycles. The van der Waals surface area contributed by atoms with Crippen molar-refractivity contribution >= 4 is 68.8 Å². The van der Waals surface area contributed by atoms with Crippen LogP contribution < -0.4 is 16.0 Å². The van der Waals surface area contributed by atoms with Crippen molar-refractivity contribution in [1.29, 1.82) is 5.26 Å². The van der Waals surface area contributed by atoms with Gasteiger partial charge in [-0.05, 0) is 53.8 Å². The number of nitrogens with two attached hydrogens (primary N) is 1. The molecule has 1 unspecified atom stereocenters. The zero-order valence-electron chi connectivity index (χ0n) is 21.6. The molecule has 0 saturated carbocycles. The van der Waals surface area contributed by atoms with E-state index in [0.29, 0.717) is 49.3 Å². The second kappa shape index (κ2) is 11.3. The van der Waals surface area contributed by atoms with Gasteiger partial charge in [0.25, 0.3) is 0 Å². The summed E-state index contributed by atoms with van der Waals surface area (Å²) in [6.45, 7) is 4.06. The first-order valence-corrected chi connectivity index (χ1v) is 14.9. The summed E-state index contributed by atoms with van der Waals surface area (Å²) in [6, 6.07) is 16.2. The minimum atomic E-state index is -0.601. The SMILES string of the molecule is CC1(C)CC(=O)C2=C(C1)N(c1nnc(SCC(=O)Nc3ccc(Cl)cc3)s1)C(N)=C(C#N)C2c1ccc(Cl)cc1. The Labute approximate surface area is 249 Å². The molecule has 1 aliphatic heterocycles. The van der Waals surface area contributed by atoms with Crippen LogP contribution in [0, 0.1) is 16.7 Å². The monoisotopic (exact) mass is 610 g/mol. The van der Waals surface area contributed by atoms with Crippen LogP contribution in [0.4, 0.5) is 10.8 Å². The number of allylic oxidation sites excluding steroid dienone is 3. The summed E-state index contributed by atoms with van der Waals surface area (Å²) in [5, 5.41) is 23.2. The molecule has 3 N–H and O–H groups in total. The molecule has 2 aliphatic rings. The summed E-state index contributed by atoms with van der Waals surface area (Å²) in [4.78, 5) is 27.8. The quantitative estimate of drug-likeness (QED) is 0.302. The summed E-state index contributed by atoms with van der Waals surface area (Å²) in [5.41, 5.74) is 9.28. The number of hydrogen-bond donors (Lipinski definition) is 2. The van der Waals surface area contributed by atoms with Crippen molar-refractivity contribution in [2.45, 2.75) is 36.9 Å². The van der Waals surface area contributed by atoms with Crippen molar-refractivity contribution in [1.82, 2.24) is 10.2 Å². The first-order chi connectivity index (χ1) is 19.1. The van der Waals surface area contributed by atoms with E-state index in [1.165, 1.54) is 23.1 Å². The summed E-state index contributed by atoms with van der Waals surface area (Å²) >= 11 is 14.5. The first-order valence-electron chi connectivity index (χ1n) is 12.3. The van der Waals surface area contributed by atoms with E-state index in [4.69, 9.17) is 28.9 Å². The van der Waals surface area contributed by atoms with Crippen LogP contribution >= 0.6 is 46.3 Å². The molecule has 1 atom stereocenters. The number of carbonyl (C=O) groups is 2. The number of Topliss-reactive ketones (excluding diaryl/α,β-unsaturated/α-hetero) is 1. The third-order valence-corrected chi connectivity index (χ3v) is 9.17. The summed E-state index contributed by atoms with van der Waals surface area (Å²) < 4.78 is 0.552. The Morgan fingerprint density at radius 3 is 2.45 bits per heavy atom. The Bertz CT molecular complexity index is 1590. The van der Waals surface area contributed by atoms with Crippen molar-refractivity contribution < 1.29 is 9.59 Å². The number of ketones is 1. The molecule has 0 fully saturated rings. The van der Waals surface area contributed by atoms with Crippen LogP contribution in [0.1, 0.15) is 38.2 Å². The van der Waals surface area contributed by atoms with Crippen LogP contribution in [0.3, 0.4) is 0 Å². The Morgan fingerprint density at radius 2 is 1.80 bits per heavy atom. The second-order valence-electron chi connectivity index (χ2n) is 10.2. The van der Waals surface area contributed by atoms with E-state index in [1.807, 2.05) is 26.0 Å². The molecule has 2 heterocycles. The fourth-order valence-electron chi connectivity index (χ4n) is 4.92. The minimum absolute atomic E-state index is 0.0329. The Hall–Kier alpha value is -3.36. The molecular weight excluding hydrogens is 587 g/mol. The molecule has 1 aromatic heterocycles. The predicted molar refractivity (Wildman–Crippen MR) is 159 cm³/mol. The van der Waals surface area contributed by atoms with Crippen molar-refractivity contribution in [3.05, 3.63) is 86.8 Å². The van der Waals surface area contributed by atoms with E-state index in [2.05, 4.69) is 21.6 Å². The Kier molecular flexibility index (Phi) is 7.93. The molecule has 8 nitrogen and oxygen atoms in total. The van der Waals surface area contributed by atoms with Crippen LogP contribution in [-0.4, -0.2) is 27.6 Å². The second-order valence-corrected chi connectivity index (χ2v) is 13.3. The lowest BCUT2D eigenvalue weighted by atomic mass is 9.69. The van der Waals surface area contributed by atoms with Gasteiger partial charge in [0, 0.05) is 33.4 Å². The van der Waals surface area contributed by atoms with Gasteiger partial charge in [0.05, 0.1) is 23.3 Å². The lowest BCUT2D eigenvalue weighted by Crippen LogP contribution is -2.42. The maximum atomic E-state index is 13.6. The molecule has 204 valence electrons. The van der Waals surface area contributed by atoms with Gasteiger partial charge < -0.3 is 11.1 Å². The molecule has 1 amide bonds. The normalized spacial score (nSPS) is 18.4. The van der Waals surface area contributed by atoms with Crippen LogP contribution in [0.5, 0.6) is 0 Å². The van der Waals surface area contributed by atoms with E-state index >= 15 is 0 Å². The van der Waals surface area contributed by atoms with E-state index in [9.17, 15) is 14.9 Å². The number of hydrogen-bond acceptors (Lipinski definition) is 9. The zero-order chi connectivity index (χ0) is 28.6. The lowest BCUT2D eigenvalue weighted by Gasteiger charge is -2.42. The Balaban J connectivity index is 1.46. The highest BCUT2D eigenvalue weighted by Gasteiger charge is 2.45. The maximum Gasteiger partial charge on any atom is 0.234 e. The molecule has 3 aromatic rings. The Morgan fingerprint density at radius 1 is 1.15 bits per heavy atom. The van der Waals surface area contributed by atoms with Crippen LogP contribution in [0.2, 0.25) is 10.0 Å². The topological polar surface area (TPSA) is 125 Å². The van der Waals surface area contributed by atoms with Crippen LogP contribution in [0.15, 0.2) is 75.5 Å². The number of aromatic nitrogens is 2. The predicted octanol–water partition coefficient (Wildman–Crippen LogP) is 6.52. The number of halogens is 2. The van der Waals surface area contributed by atoms with Crippen LogP contribution in [-0.2, 0) is 9.59 Å². The molecule has 40 heavy (non-hydrogen) atoms. The number of anilines is 2. The highest BCUT2D eigenvalue weighted by Crippen LogP contribution is 2.50. The average Bonchev–Trinajstić information content (AvgIpc) is 3.36. The first kappa shape index (κ1) is 28.2. The summed E-state index contributed by atoms with van der Waals surface area (Å²) in [7, 11) is 0. The average molecular weight is 612 g/mol. The van der Waals surface area contributed by atoms with Gasteiger partial charge in [-0.3, -0.25) is 14.5 Å². The van der Waals surface area contributed by atoms with Gasteiger partial charge in [-0.1, -0.05) is 72.3 Å². The van der Waals surface area contributed by atoms with Gasteiger partial charge in [-0.25, -0.2) is 0 Å². The van der Waals surface area contributed by atoms with E-state index in [1.54, 1.807) is 41.3 Å². The van der Waals surface area contributed by atoms with Crippen molar-refractivity contribution in [3.8, 4) is 6.07 Å². The third-order valence-electron chi connectivity index (χ3n) is 6.63. The van der Waals surface area contributed by atoms with Crippen molar-refractivity contribution in [2.24, 2.45) is 11.1 Å². The number of amides is 1. The van der Waals surface area contributed by atoms with Crippen LogP contribution in [0.25, 0.3) is 0 Å². The number of rotatable bonds is 6. The zero-order valence-corrected chi connectivity index (χ0v) is 24.7. The summed E-state index contributed by atoms with van der Waals surface area (Å²) in [5.74, 6) is -0.516. The smallest absolute Gasteiger partial charge is 0.234 e. The van der Waals surface area contributed by atoms with Gasteiger partial charge >= 0.3 is 0 Å². The standard InChI is InChI=1S/C28H24Cl2N6O2S2/c1-28(2)11-20-24(21(37)12-28)23(15-3-5-16(29)6-4-15)19(13-31)25(32)36(20)26-34-35-27(40-26)39-14-22(38)33-18-9-7-17(30)8-10-18/h3-10,23H,11-12,14,32H2,1-2H3,(H,33,38). The van der Waals surface area contributed by atoms with Crippen molar-refractivity contribution in [2.75, 3.05) is 16.0 Å². The van der Waals surface area contributed by atoms with Gasteiger partial charge in [0.15, 0.2) is 10.1 Å². The molecule has 12 heteroatoms. The van der Waals surface area contributed by atoms with Gasteiger partial charge in [-0.2, -0.15) is 5.26 Å². The maximum absolute atomic E-state index is 13.6.